The summed E-state index contributed by atoms with van der Waals surface area (Å²) in [6.45, 7) is 8.31. The van der Waals surface area contributed by atoms with Gasteiger partial charge in [0.2, 0.25) is 5.95 Å². The van der Waals surface area contributed by atoms with E-state index in [4.69, 9.17) is 0 Å². The van der Waals surface area contributed by atoms with Crippen molar-refractivity contribution in [1.82, 2.24) is 15.0 Å². The molecule has 0 aliphatic carbocycles. The van der Waals surface area contributed by atoms with E-state index >= 15 is 0 Å². The van der Waals surface area contributed by atoms with Gasteiger partial charge in [-0.15, -0.1) is 0 Å². The molecule has 0 aliphatic heterocycles. The molecule has 2 aromatic rings. The van der Waals surface area contributed by atoms with Crippen molar-refractivity contribution in [3.8, 4) is 11.3 Å². The summed E-state index contributed by atoms with van der Waals surface area (Å²) < 4.78 is 0. The molecule has 0 saturated carbocycles. The molecule has 5 heteroatoms. The van der Waals surface area contributed by atoms with Crippen LogP contribution in [-0.2, 0) is 0 Å². The van der Waals surface area contributed by atoms with Gasteiger partial charge in [-0.25, -0.2) is 4.98 Å². The number of aromatic nitrogens is 3. The molecule has 5 nitrogen and oxygen atoms in total. The highest BCUT2D eigenvalue weighted by molar-refractivity contribution is 5.64. The van der Waals surface area contributed by atoms with E-state index < -0.39 is 0 Å². The molecule has 0 amide bonds. The maximum Gasteiger partial charge on any atom is 0.225 e. The van der Waals surface area contributed by atoms with Crippen LogP contribution in [0, 0.1) is 0 Å². The van der Waals surface area contributed by atoms with Crippen molar-refractivity contribution in [2.75, 3.05) is 10.6 Å². The normalized spacial score (nSPS) is 10.9. The Balaban J connectivity index is 2.39. The second-order valence-corrected chi connectivity index (χ2v) is 5.30. The molecular formula is C15H21N5. The molecule has 106 valence electrons. The first-order chi connectivity index (χ1) is 9.54. The van der Waals surface area contributed by atoms with Gasteiger partial charge in [-0.05, 0) is 39.8 Å². The number of nitrogens with zero attached hydrogens (tertiary/aromatic N) is 3. The molecule has 0 unspecified atom stereocenters. The molecule has 0 aliphatic rings. The number of nitrogens with one attached hydrogen (secondary N) is 2. The minimum atomic E-state index is 0.287. The summed E-state index contributed by atoms with van der Waals surface area (Å²) >= 11 is 0. The predicted molar refractivity (Wildman–Crippen MR) is 82.8 cm³/mol. The summed E-state index contributed by atoms with van der Waals surface area (Å²) in [5, 5.41) is 6.57. The largest absolute Gasteiger partial charge is 0.368 e. The smallest absolute Gasteiger partial charge is 0.225 e. The summed E-state index contributed by atoms with van der Waals surface area (Å²) in [6, 6.07) is 6.46. The first kappa shape index (κ1) is 14.2. The fraction of sp³-hybridized carbons (Fsp3) is 0.400. The second kappa shape index (κ2) is 6.32. The summed E-state index contributed by atoms with van der Waals surface area (Å²) in [5.41, 5.74) is 1.91. The topological polar surface area (TPSA) is 62.7 Å². The van der Waals surface area contributed by atoms with Crippen LogP contribution >= 0.6 is 0 Å². The van der Waals surface area contributed by atoms with Crippen molar-refractivity contribution in [3.63, 3.8) is 0 Å². The standard InChI is InChI=1S/C15H21N5/c1-10(2)17-14-9-13(12-5-7-16-8-6-12)19-15(20-14)18-11(3)4/h5-11H,1-4H3,(H2,17,18,19,20). The van der Waals surface area contributed by atoms with Crippen molar-refractivity contribution >= 4 is 11.8 Å². The molecule has 0 aromatic carbocycles. The Morgan fingerprint density at radius 3 is 2.15 bits per heavy atom. The highest BCUT2D eigenvalue weighted by Gasteiger charge is 2.08. The molecule has 2 heterocycles. The number of hydrogen-bond donors (Lipinski definition) is 2. The third-order valence-electron chi connectivity index (χ3n) is 2.56. The van der Waals surface area contributed by atoms with Gasteiger partial charge < -0.3 is 10.6 Å². The summed E-state index contributed by atoms with van der Waals surface area (Å²) in [7, 11) is 0. The fourth-order valence-electron chi connectivity index (χ4n) is 1.81. The molecule has 2 aromatic heterocycles. The Morgan fingerprint density at radius 2 is 1.55 bits per heavy atom. The van der Waals surface area contributed by atoms with Gasteiger partial charge in [0, 0.05) is 36.1 Å². The van der Waals surface area contributed by atoms with Gasteiger partial charge in [0.1, 0.15) is 5.82 Å². The number of pyridine rings is 1. The quantitative estimate of drug-likeness (QED) is 0.874. The Bertz CT molecular complexity index is 523. The van der Waals surface area contributed by atoms with E-state index in [2.05, 4.69) is 53.3 Å². The van der Waals surface area contributed by atoms with Crippen LogP contribution < -0.4 is 10.6 Å². The molecule has 0 radical (unpaired) electrons. The lowest BCUT2D eigenvalue weighted by molar-refractivity contribution is 0.862. The molecule has 0 spiro atoms. The number of rotatable bonds is 5. The number of anilines is 2. The monoisotopic (exact) mass is 271 g/mol. The van der Waals surface area contributed by atoms with Crippen LogP contribution in [0.5, 0.6) is 0 Å². The molecule has 2 rings (SSSR count). The average Bonchev–Trinajstić information content (AvgIpc) is 2.38. The van der Waals surface area contributed by atoms with Crippen LogP contribution in [0.2, 0.25) is 0 Å². The summed E-state index contributed by atoms with van der Waals surface area (Å²) in [4.78, 5) is 13.1. The molecule has 0 fully saturated rings. The van der Waals surface area contributed by atoms with E-state index in [1.807, 2.05) is 18.2 Å². The lowest BCUT2D eigenvalue weighted by atomic mass is 10.2. The van der Waals surface area contributed by atoms with Crippen molar-refractivity contribution < 1.29 is 0 Å². The SMILES string of the molecule is CC(C)Nc1cc(-c2ccncc2)nc(NC(C)C)n1. The second-order valence-electron chi connectivity index (χ2n) is 5.30. The van der Waals surface area contributed by atoms with Crippen molar-refractivity contribution in [2.45, 2.75) is 39.8 Å². The number of hydrogen-bond acceptors (Lipinski definition) is 5. The first-order valence-electron chi connectivity index (χ1n) is 6.87. The van der Waals surface area contributed by atoms with Gasteiger partial charge in [-0.2, -0.15) is 4.98 Å². The predicted octanol–water partition coefficient (Wildman–Crippen LogP) is 3.18. The highest BCUT2D eigenvalue weighted by atomic mass is 15.2. The maximum atomic E-state index is 4.56. The lowest BCUT2D eigenvalue weighted by Crippen LogP contribution is -2.16. The van der Waals surface area contributed by atoms with Gasteiger partial charge in [0.15, 0.2) is 0 Å². The Labute approximate surface area is 119 Å². The van der Waals surface area contributed by atoms with Crippen LogP contribution in [0.3, 0.4) is 0 Å². The zero-order valence-electron chi connectivity index (χ0n) is 12.4. The van der Waals surface area contributed by atoms with E-state index in [1.54, 1.807) is 12.4 Å². The van der Waals surface area contributed by atoms with E-state index in [9.17, 15) is 0 Å². The average molecular weight is 271 g/mol. The van der Waals surface area contributed by atoms with E-state index in [0.29, 0.717) is 12.0 Å². The van der Waals surface area contributed by atoms with Crippen LogP contribution in [0.25, 0.3) is 11.3 Å². The minimum absolute atomic E-state index is 0.287. The van der Waals surface area contributed by atoms with E-state index in [1.165, 1.54) is 0 Å². The molecule has 0 saturated heterocycles. The Morgan fingerprint density at radius 1 is 0.900 bits per heavy atom. The van der Waals surface area contributed by atoms with Gasteiger partial charge in [-0.1, -0.05) is 0 Å². The molecular weight excluding hydrogens is 250 g/mol. The molecule has 0 bridgehead atoms. The molecule has 2 N–H and O–H groups in total. The molecule has 20 heavy (non-hydrogen) atoms. The Hall–Kier alpha value is -2.17. The molecule has 0 atom stereocenters. The van der Waals surface area contributed by atoms with Crippen LogP contribution in [-0.4, -0.2) is 27.0 Å². The van der Waals surface area contributed by atoms with Crippen LogP contribution in [0.15, 0.2) is 30.6 Å². The zero-order chi connectivity index (χ0) is 14.5. The third kappa shape index (κ3) is 3.91. The third-order valence-corrected chi connectivity index (χ3v) is 2.56. The highest BCUT2D eigenvalue weighted by Crippen LogP contribution is 2.21. The van der Waals surface area contributed by atoms with Crippen molar-refractivity contribution in [3.05, 3.63) is 30.6 Å². The summed E-state index contributed by atoms with van der Waals surface area (Å²) in [6.07, 6.45) is 3.53. The van der Waals surface area contributed by atoms with Crippen molar-refractivity contribution in [1.29, 1.82) is 0 Å². The maximum absolute atomic E-state index is 4.56. The van der Waals surface area contributed by atoms with Crippen LogP contribution in [0.1, 0.15) is 27.7 Å². The Kier molecular flexibility index (Phi) is 4.50. The fourth-order valence-corrected chi connectivity index (χ4v) is 1.81. The van der Waals surface area contributed by atoms with Crippen molar-refractivity contribution in [2.24, 2.45) is 0 Å². The first-order valence-corrected chi connectivity index (χ1v) is 6.87. The van der Waals surface area contributed by atoms with Crippen LogP contribution in [0.4, 0.5) is 11.8 Å². The van der Waals surface area contributed by atoms with Gasteiger partial charge in [-0.3, -0.25) is 4.98 Å². The lowest BCUT2D eigenvalue weighted by Gasteiger charge is -2.14. The minimum Gasteiger partial charge on any atom is -0.368 e. The van der Waals surface area contributed by atoms with E-state index in [0.717, 1.165) is 17.1 Å². The van der Waals surface area contributed by atoms with Gasteiger partial charge >= 0.3 is 0 Å². The van der Waals surface area contributed by atoms with E-state index in [-0.39, 0.29) is 6.04 Å². The van der Waals surface area contributed by atoms with Gasteiger partial charge in [0.25, 0.3) is 0 Å². The zero-order valence-corrected chi connectivity index (χ0v) is 12.4. The van der Waals surface area contributed by atoms with Gasteiger partial charge in [0.05, 0.1) is 5.69 Å². The summed E-state index contributed by atoms with van der Waals surface area (Å²) in [5.74, 6) is 1.46.